The molecule has 2 N–H and O–H groups in total. The van der Waals surface area contributed by atoms with Crippen molar-refractivity contribution in [3.63, 3.8) is 0 Å². The van der Waals surface area contributed by atoms with Crippen molar-refractivity contribution < 1.29 is 19.4 Å². The number of hydrogen-bond donors (Lipinski definition) is 2. The highest BCUT2D eigenvalue weighted by atomic mass is 35.5. The lowest BCUT2D eigenvalue weighted by atomic mass is 10.2. The molecule has 0 saturated carbocycles. The second-order valence-corrected chi connectivity index (χ2v) is 4.41. The van der Waals surface area contributed by atoms with Crippen LogP contribution in [0, 0.1) is 6.92 Å². The van der Waals surface area contributed by atoms with Gasteiger partial charge in [0, 0.05) is 23.6 Å². The van der Waals surface area contributed by atoms with Crippen LogP contribution in [0.2, 0.25) is 5.02 Å². The van der Waals surface area contributed by atoms with Gasteiger partial charge in [0.2, 0.25) is 0 Å². The van der Waals surface area contributed by atoms with E-state index in [9.17, 15) is 9.59 Å². The number of carboxylic acids is 1. The summed E-state index contributed by atoms with van der Waals surface area (Å²) >= 11 is 5.93. The zero-order chi connectivity index (χ0) is 14.3. The molecule has 0 unspecified atom stereocenters. The minimum absolute atomic E-state index is 0.0362. The maximum Gasteiger partial charge on any atom is 0.303 e. The Bertz CT molecular complexity index is 462. The molecule has 5 nitrogen and oxygen atoms in total. The quantitative estimate of drug-likeness (QED) is 0.752. The monoisotopic (exact) mass is 285 g/mol. The molecule has 0 spiro atoms. The van der Waals surface area contributed by atoms with Gasteiger partial charge in [-0.15, -0.1) is 0 Å². The number of halogens is 1. The number of amides is 1. The second-order valence-electron chi connectivity index (χ2n) is 4.00. The maximum atomic E-state index is 11.4. The van der Waals surface area contributed by atoms with E-state index in [2.05, 4.69) is 5.32 Å². The van der Waals surface area contributed by atoms with E-state index in [1.54, 1.807) is 18.2 Å². The molecule has 0 atom stereocenters. The molecule has 0 bridgehead atoms. The molecule has 0 aliphatic rings. The summed E-state index contributed by atoms with van der Waals surface area (Å²) in [7, 11) is 0. The smallest absolute Gasteiger partial charge is 0.303 e. The van der Waals surface area contributed by atoms with Crippen LogP contribution in [0.4, 0.5) is 0 Å². The van der Waals surface area contributed by atoms with Crippen molar-refractivity contribution in [2.45, 2.75) is 19.8 Å². The lowest BCUT2D eigenvalue weighted by Gasteiger charge is -2.10. The van der Waals surface area contributed by atoms with Gasteiger partial charge in [0.1, 0.15) is 5.75 Å². The fraction of sp³-hybridized carbons (Fsp3) is 0.385. The number of nitrogens with one attached hydrogen (secondary N) is 1. The Morgan fingerprint density at radius 1 is 1.42 bits per heavy atom. The summed E-state index contributed by atoms with van der Waals surface area (Å²) in [4.78, 5) is 21.7. The third-order valence-corrected chi connectivity index (χ3v) is 2.88. The first-order chi connectivity index (χ1) is 9.00. The minimum Gasteiger partial charge on any atom is -0.483 e. The van der Waals surface area contributed by atoms with Crippen LogP contribution < -0.4 is 10.1 Å². The van der Waals surface area contributed by atoms with Gasteiger partial charge < -0.3 is 15.2 Å². The molecule has 1 rings (SSSR count). The van der Waals surface area contributed by atoms with Crippen LogP contribution >= 0.6 is 11.6 Å². The van der Waals surface area contributed by atoms with Gasteiger partial charge in [-0.25, -0.2) is 0 Å². The average Bonchev–Trinajstić information content (AvgIpc) is 2.36. The molecule has 1 amide bonds. The predicted molar refractivity (Wildman–Crippen MR) is 71.6 cm³/mol. The van der Waals surface area contributed by atoms with Crippen molar-refractivity contribution in [1.29, 1.82) is 0 Å². The zero-order valence-corrected chi connectivity index (χ0v) is 11.4. The number of rotatable bonds is 7. The molecule has 6 heteroatoms. The third-order valence-electron chi connectivity index (χ3n) is 2.47. The van der Waals surface area contributed by atoms with Gasteiger partial charge in [-0.05, 0) is 25.5 Å². The topological polar surface area (TPSA) is 75.6 Å². The van der Waals surface area contributed by atoms with Crippen molar-refractivity contribution in [2.75, 3.05) is 13.2 Å². The van der Waals surface area contributed by atoms with E-state index < -0.39 is 5.97 Å². The first-order valence-electron chi connectivity index (χ1n) is 5.87. The molecular weight excluding hydrogens is 270 g/mol. The molecular formula is C13H16ClNO4. The van der Waals surface area contributed by atoms with E-state index in [-0.39, 0.29) is 18.9 Å². The number of benzene rings is 1. The number of aliphatic carboxylic acids is 1. The van der Waals surface area contributed by atoms with Crippen LogP contribution in [0.15, 0.2) is 18.2 Å². The van der Waals surface area contributed by atoms with Gasteiger partial charge >= 0.3 is 5.97 Å². The van der Waals surface area contributed by atoms with Gasteiger partial charge in [0.25, 0.3) is 5.91 Å². The normalized spacial score (nSPS) is 10.0. The molecule has 1 aromatic carbocycles. The summed E-state index contributed by atoms with van der Waals surface area (Å²) in [5, 5.41) is 11.6. The number of ether oxygens (including phenoxy) is 1. The maximum absolute atomic E-state index is 11.4. The van der Waals surface area contributed by atoms with Gasteiger partial charge in [0.15, 0.2) is 6.61 Å². The Morgan fingerprint density at radius 3 is 2.84 bits per heavy atom. The lowest BCUT2D eigenvalue weighted by molar-refractivity contribution is -0.137. The second kappa shape index (κ2) is 7.63. The lowest BCUT2D eigenvalue weighted by Crippen LogP contribution is -2.30. The number of carboxylic acid groups (broad SMARTS) is 1. The number of carbonyl (C=O) groups excluding carboxylic acids is 1. The molecule has 0 radical (unpaired) electrons. The fourth-order valence-corrected chi connectivity index (χ4v) is 1.57. The molecule has 19 heavy (non-hydrogen) atoms. The van der Waals surface area contributed by atoms with Crippen LogP contribution in [0.5, 0.6) is 5.75 Å². The summed E-state index contributed by atoms with van der Waals surface area (Å²) in [6, 6.07) is 5.23. The molecule has 0 aliphatic heterocycles. The molecule has 0 fully saturated rings. The standard InChI is InChI=1S/C13H16ClNO4/c1-9-10(14)4-2-5-11(9)19-8-12(16)15-7-3-6-13(17)18/h2,4-5H,3,6-8H2,1H3,(H,15,16)(H,17,18). The molecule has 1 aromatic rings. The van der Waals surface area contributed by atoms with E-state index in [0.29, 0.717) is 23.7 Å². The third kappa shape index (κ3) is 5.61. The number of carbonyl (C=O) groups is 2. The average molecular weight is 286 g/mol. The Balaban J connectivity index is 2.30. The van der Waals surface area contributed by atoms with E-state index in [1.807, 2.05) is 6.92 Å². The van der Waals surface area contributed by atoms with Crippen molar-refractivity contribution >= 4 is 23.5 Å². The highest BCUT2D eigenvalue weighted by molar-refractivity contribution is 6.31. The van der Waals surface area contributed by atoms with Gasteiger partial charge in [-0.2, -0.15) is 0 Å². The summed E-state index contributed by atoms with van der Waals surface area (Å²) in [5.74, 6) is -0.599. The van der Waals surface area contributed by atoms with Crippen LogP contribution in [0.3, 0.4) is 0 Å². The SMILES string of the molecule is Cc1c(Cl)cccc1OCC(=O)NCCCC(=O)O. The van der Waals surface area contributed by atoms with E-state index in [1.165, 1.54) is 0 Å². The van der Waals surface area contributed by atoms with E-state index in [0.717, 1.165) is 5.56 Å². The Labute approximate surface area is 116 Å². The highest BCUT2D eigenvalue weighted by Crippen LogP contribution is 2.24. The van der Waals surface area contributed by atoms with Crippen LogP contribution in [0.25, 0.3) is 0 Å². The van der Waals surface area contributed by atoms with E-state index in [4.69, 9.17) is 21.4 Å². The van der Waals surface area contributed by atoms with Crippen LogP contribution in [0.1, 0.15) is 18.4 Å². The van der Waals surface area contributed by atoms with Crippen molar-refractivity contribution in [2.24, 2.45) is 0 Å². The summed E-state index contributed by atoms with van der Waals surface area (Å²) in [5.41, 5.74) is 0.780. The van der Waals surface area contributed by atoms with Gasteiger partial charge in [0.05, 0.1) is 0 Å². The molecule has 0 saturated heterocycles. The van der Waals surface area contributed by atoms with Gasteiger partial charge in [-0.1, -0.05) is 17.7 Å². The predicted octanol–water partition coefficient (Wildman–Crippen LogP) is 2.01. The van der Waals surface area contributed by atoms with Gasteiger partial charge in [-0.3, -0.25) is 9.59 Å². The largest absolute Gasteiger partial charge is 0.483 e. The Morgan fingerprint density at radius 2 is 2.16 bits per heavy atom. The first kappa shape index (κ1) is 15.3. The zero-order valence-electron chi connectivity index (χ0n) is 10.6. The highest BCUT2D eigenvalue weighted by Gasteiger charge is 2.06. The Hall–Kier alpha value is -1.75. The summed E-state index contributed by atoms with van der Waals surface area (Å²) < 4.78 is 5.34. The van der Waals surface area contributed by atoms with Crippen molar-refractivity contribution in [1.82, 2.24) is 5.32 Å². The minimum atomic E-state index is -0.875. The van der Waals surface area contributed by atoms with Crippen molar-refractivity contribution in [3.05, 3.63) is 28.8 Å². The van der Waals surface area contributed by atoms with Crippen LogP contribution in [-0.4, -0.2) is 30.1 Å². The van der Waals surface area contributed by atoms with Crippen LogP contribution in [-0.2, 0) is 9.59 Å². The Kier molecular flexibility index (Phi) is 6.15. The first-order valence-corrected chi connectivity index (χ1v) is 6.25. The fourth-order valence-electron chi connectivity index (χ4n) is 1.41. The summed E-state index contributed by atoms with van der Waals surface area (Å²) in [6.07, 6.45) is 0.436. The van der Waals surface area contributed by atoms with Crippen molar-refractivity contribution in [3.8, 4) is 5.75 Å². The summed E-state index contributed by atoms with van der Waals surface area (Å²) in [6.45, 7) is 2.01. The number of hydrogen-bond acceptors (Lipinski definition) is 3. The molecule has 0 aromatic heterocycles. The molecule has 0 heterocycles. The molecule has 0 aliphatic carbocycles. The van der Waals surface area contributed by atoms with E-state index >= 15 is 0 Å². The molecule has 104 valence electrons.